The molecule has 2 aliphatic rings. The van der Waals surface area contributed by atoms with Gasteiger partial charge in [0, 0.05) is 58.5 Å². The molecule has 2 N–H and O–H groups in total. The van der Waals surface area contributed by atoms with Gasteiger partial charge in [-0.25, -0.2) is 28.8 Å². The van der Waals surface area contributed by atoms with E-state index in [0.29, 0.717) is 54.3 Å². The van der Waals surface area contributed by atoms with Gasteiger partial charge in [-0.15, -0.1) is 23.2 Å². The molecule has 0 bridgehead atoms. The van der Waals surface area contributed by atoms with E-state index in [1.807, 2.05) is 0 Å². The van der Waals surface area contributed by atoms with Crippen LogP contribution in [0.1, 0.15) is 147 Å². The standard InChI is InChI=1S/C31H36O7.C21H28O5.C10H10O3.CH2Cl2.S2/c1-23-22-28(38-30(23)33)10-8-6-4-3-5-7-9-21-36-26-18-14-25(15-19-26)31(34)37-27-16-11-24(12-17-27)13-20-29(32)35-2;1-16-15-19(26-21(16)24)9-7-5-3-2-4-6-8-14-25-18-12-10-17(11-13-18)20(22)23;1-13-10(12)7-4-8-2-5-9(11)6-3-8;2-1-3;1-2/h11-20,28H,1,3-10,21-22H2,2H3;10-13,19H,1-9,14-15H2,(H,22,23);2-7,11H,1H3;1H2;/b20-13+;;7-4+;;. The van der Waals surface area contributed by atoms with Gasteiger partial charge in [-0.3, -0.25) is 0 Å². The van der Waals surface area contributed by atoms with Crippen LogP contribution in [0.5, 0.6) is 23.0 Å². The summed E-state index contributed by atoms with van der Waals surface area (Å²) in [5.41, 5.74) is 3.53. The number of alkyl halides is 2. The van der Waals surface area contributed by atoms with Gasteiger partial charge in [0.15, 0.2) is 0 Å². The molecule has 6 rings (SSSR count). The van der Waals surface area contributed by atoms with Crippen molar-refractivity contribution < 1.29 is 72.1 Å². The molecule has 0 aromatic heterocycles. The number of unbranched alkanes of at least 4 members (excludes halogenated alkanes) is 12. The Morgan fingerprint density at radius 1 is 0.549 bits per heavy atom. The Hall–Kier alpha value is -6.92. The number of carboxylic acids is 1. The number of esters is 5. The number of carbonyl (C=O) groups excluding carboxylic acids is 5. The van der Waals surface area contributed by atoms with Crippen molar-refractivity contribution in [3.63, 3.8) is 0 Å². The van der Waals surface area contributed by atoms with E-state index in [1.54, 1.807) is 109 Å². The fourth-order valence-corrected chi connectivity index (χ4v) is 7.93. The smallest absolute Gasteiger partial charge is 0.343 e. The molecule has 0 radical (unpaired) electrons. The molecule has 0 spiro atoms. The molecule has 2 fully saturated rings. The molecule has 2 heterocycles. The number of halogens is 2. The number of hydrogen-bond donors (Lipinski definition) is 2. The lowest BCUT2D eigenvalue weighted by Gasteiger charge is -2.09. The van der Waals surface area contributed by atoms with Crippen LogP contribution in [0.4, 0.5) is 0 Å². The molecule has 0 aliphatic carbocycles. The predicted molar refractivity (Wildman–Crippen MR) is 325 cm³/mol. The van der Waals surface area contributed by atoms with Crippen LogP contribution in [0, 0.1) is 0 Å². The van der Waals surface area contributed by atoms with Crippen LogP contribution in [-0.2, 0) is 60.5 Å². The summed E-state index contributed by atoms with van der Waals surface area (Å²) in [4.78, 5) is 67.6. The third kappa shape index (κ3) is 31.9. The molecule has 15 nitrogen and oxygen atoms in total. The van der Waals surface area contributed by atoms with Gasteiger partial charge < -0.3 is 43.4 Å². The molecule has 2 aliphatic heterocycles. The minimum absolute atomic E-state index is 0.0356. The second-order valence-corrected chi connectivity index (χ2v) is 19.4. The molecular formula is C63H76Cl2O15S2. The van der Waals surface area contributed by atoms with E-state index in [4.69, 9.17) is 57.1 Å². The largest absolute Gasteiger partial charge is 0.508 e. The second kappa shape index (κ2) is 43.8. The number of hydrogen-bond acceptors (Lipinski definition) is 16. The van der Waals surface area contributed by atoms with E-state index >= 15 is 0 Å². The Labute approximate surface area is 502 Å². The number of aromatic hydroxyl groups is 1. The molecule has 2 saturated heterocycles. The number of rotatable bonds is 29. The first-order valence-corrected chi connectivity index (χ1v) is 29.4. The summed E-state index contributed by atoms with van der Waals surface area (Å²) >= 11 is 16.9. The van der Waals surface area contributed by atoms with Crippen LogP contribution >= 0.6 is 23.2 Å². The molecule has 0 saturated carbocycles. The monoisotopic (exact) mass is 1210 g/mol. The van der Waals surface area contributed by atoms with E-state index in [-0.39, 0.29) is 40.8 Å². The average molecular weight is 1210 g/mol. The summed E-state index contributed by atoms with van der Waals surface area (Å²) in [5, 5.41) is 18.0. The molecule has 0 amide bonds. The number of aromatic carboxylic acids is 1. The second-order valence-electron chi connectivity index (χ2n) is 18.6. The van der Waals surface area contributed by atoms with Gasteiger partial charge in [0.05, 0.1) is 43.9 Å². The zero-order chi connectivity index (χ0) is 60.3. The summed E-state index contributed by atoms with van der Waals surface area (Å²) in [7, 11) is 2.64. The van der Waals surface area contributed by atoms with Crippen LogP contribution in [0.25, 0.3) is 12.2 Å². The summed E-state index contributed by atoms with van der Waals surface area (Å²) in [5.74, 6) is -0.620. The van der Waals surface area contributed by atoms with Crippen molar-refractivity contribution >= 4 is 93.5 Å². The Morgan fingerprint density at radius 3 is 1.24 bits per heavy atom. The number of carbonyl (C=O) groups is 6. The number of methoxy groups -OCH3 is 2. The van der Waals surface area contributed by atoms with Crippen molar-refractivity contribution in [1.82, 2.24) is 0 Å². The number of phenols is 1. The van der Waals surface area contributed by atoms with Crippen molar-refractivity contribution in [2.75, 3.05) is 32.8 Å². The lowest BCUT2D eigenvalue weighted by Crippen LogP contribution is -2.08. The van der Waals surface area contributed by atoms with Gasteiger partial charge in [0.2, 0.25) is 0 Å². The fraction of sp³-hybridized carbons (Fsp3) is 0.397. The molecule has 4 aromatic carbocycles. The Kier molecular flexibility index (Phi) is 38.0. The van der Waals surface area contributed by atoms with Gasteiger partial charge in [-0.1, -0.05) is 102 Å². The van der Waals surface area contributed by atoms with Crippen LogP contribution < -0.4 is 14.2 Å². The summed E-state index contributed by atoms with van der Waals surface area (Å²) in [6.07, 6.45) is 25.1. The Balaban J connectivity index is 0.000000447. The molecule has 2 atom stereocenters. The molecule has 82 heavy (non-hydrogen) atoms. The quantitative estimate of drug-likeness (QED) is 0.0129. The van der Waals surface area contributed by atoms with Crippen molar-refractivity contribution in [1.29, 1.82) is 0 Å². The van der Waals surface area contributed by atoms with Gasteiger partial charge in [-0.2, -0.15) is 0 Å². The van der Waals surface area contributed by atoms with Crippen molar-refractivity contribution in [3.05, 3.63) is 156 Å². The first-order valence-electron chi connectivity index (χ1n) is 27.0. The molecule has 2 unspecified atom stereocenters. The number of carboxylic acid groups (broad SMARTS) is 1. The first kappa shape index (κ1) is 71.2. The third-order valence-electron chi connectivity index (χ3n) is 12.4. The lowest BCUT2D eigenvalue weighted by atomic mass is 10.0. The Bertz CT molecular complexity index is 2570. The van der Waals surface area contributed by atoms with Gasteiger partial charge >= 0.3 is 35.8 Å². The minimum atomic E-state index is -0.925. The number of ether oxygens (including phenoxy) is 7. The topological polar surface area (TPSA) is 207 Å². The first-order chi connectivity index (χ1) is 39.6. The fourth-order valence-electron chi connectivity index (χ4n) is 7.93. The van der Waals surface area contributed by atoms with E-state index in [9.17, 15) is 28.8 Å². The zero-order valence-electron chi connectivity index (χ0n) is 46.7. The highest BCUT2D eigenvalue weighted by Crippen LogP contribution is 2.25. The third-order valence-corrected chi connectivity index (χ3v) is 12.4. The lowest BCUT2D eigenvalue weighted by molar-refractivity contribution is -0.140. The maximum absolute atomic E-state index is 12.4. The van der Waals surface area contributed by atoms with E-state index in [0.717, 1.165) is 74.7 Å². The average Bonchev–Trinajstić information content (AvgIpc) is 4.01. The van der Waals surface area contributed by atoms with E-state index < -0.39 is 23.9 Å². The van der Waals surface area contributed by atoms with Crippen LogP contribution in [0.2, 0.25) is 0 Å². The normalized spacial score (nSPS) is 14.0. The molecule has 19 heteroatoms. The van der Waals surface area contributed by atoms with Crippen molar-refractivity contribution in [2.45, 2.75) is 128 Å². The SMILES string of the molecule is C=C1CC(CCCCCCCCCOc2ccc(C(=O)O)cc2)OC1=O.C=C1CC(CCCCCCCCCOc2ccc(C(=O)Oc3ccc(/C=C/C(=O)OC)cc3)cc2)OC1=O.COC(=O)/C=C/c1ccc(O)cc1.ClCCl.S=S. The molecular weight excluding hydrogens is 1130 g/mol. The molecule has 444 valence electrons. The van der Waals surface area contributed by atoms with Gasteiger partial charge in [-0.05, 0) is 135 Å². The Morgan fingerprint density at radius 2 is 0.890 bits per heavy atom. The van der Waals surface area contributed by atoms with E-state index in [2.05, 4.69) is 45.0 Å². The van der Waals surface area contributed by atoms with Crippen molar-refractivity contribution in [2.24, 2.45) is 0 Å². The number of cyclic esters (lactones) is 2. The van der Waals surface area contributed by atoms with Crippen LogP contribution in [-0.4, -0.2) is 91.0 Å². The van der Waals surface area contributed by atoms with Gasteiger partial charge in [0.1, 0.15) is 35.2 Å². The predicted octanol–water partition coefficient (Wildman–Crippen LogP) is 14.2. The van der Waals surface area contributed by atoms with Crippen LogP contribution in [0.15, 0.2) is 134 Å². The highest BCUT2D eigenvalue weighted by Gasteiger charge is 2.27. The minimum Gasteiger partial charge on any atom is -0.508 e. The summed E-state index contributed by atoms with van der Waals surface area (Å²) < 4.78 is 36.3. The highest BCUT2D eigenvalue weighted by molar-refractivity contribution is 8.07. The maximum Gasteiger partial charge on any atom is 0.343 e. The summed E-state index contributed by atoms with van der Waals surface area (Å²) in [6, 6.07) is 26.7. The summed E-state index contributed by atoms with van der Waals surface area (Å²) in [6.45, 7) is 8.71. The zero-order valence-corrected chi connectivity index (χ0v) is 49.9. The van der Waals surface area contributed by atoms with E-state index in [1.165, 1.54) is 71.3 Å². The van der Waals surface area contributed by atoms with Gasteiger partial charge in [0.25, 0.3) is 0 Å². The number of phenolic OH excluding ortho intramolecular Hbond substituents is 1. The molecule has 4 aromatic rings. The maximum atomic E-state index is 12.4. The van der Waals surface area contributed by atoms with Crippen molar-refractivity contribution in [3.8, 4) is 23.0 Å². The van der Waals surface area contributed by atoms with Crippen LogP contribution in [0.3, 0.4) is 0 Å². The highest BCUT2D eigenvalue weighted by atomic mass is 35.5. The number of benzene rings is 4.